The van der Waals surface area contributed by atoms with Gasteiger partial charge < -0.3 is 19.1 Å². The van der Waals surface area contributed by atoms with Gasteiger partial charge in [0.15, 0.2) is 5.79 Å². The molecule has 8 heteroatoms. The molecule has 2 fully saturated rings. The number of piperidine rings is 1. The number of hydrogen-bond donors (Lipinski definition) is 0. The first-order valence-corrected chi connectivity index (χ1v) is 6.99. The molecule has 0 radical (unpaired) electrons. The van der Waals surface area contributed by atoms with Gasteiger partial charge in [0.05, 0.1) is 18.7 Å². The zero-order valence-corrected chi connectivity index (χ0v) is 13.1. The predicted octanol–water partition coefficient (Wildman–Crippen LogP) is 2.44. The highest BCUT2D eigenvalue weighted by molar-refractivity contribution is 5.68. The first-order chi connectivity index (χ1) is 9.61. The molecule has 118 valence electrons. The Morgan fingerprint density at radius 2 is 2.05 bits per heavy atom. The fourth-order valence-electron chi connectivity index (χ4n) is 2.60. The second kappa shape index (κ2) is 5.36. The lowest BCUT2D eigenvalue weighted by molar-refractivity contribution is -0.145. The van der Waals surface area contributed by atoms with Gasteiger partial charge >= 0.3 is 6.09 Å². The summed E-state index contributed by atoms with van der Waals surface area (Å²) in [5, 5.41) is 3.75. The number of ether oxygens (including phenoxy) is 3. The molecule has 1 amide bonds. The lowest BCUT2D eigenvalue weighted by Crippen LogP contribution is -2.55. The molecule has 0 bridgehead atoms. The Kier molecular flexibility index (Phi) is 4.06. The normalized spacial score (nSPS) is 31.3. The van der Waals surface area contributed by atoms with Gasteiger partial charge in [0.25, 0.3) is 0 Å². The summed E-state index contributed by atoms with van der Waals surface area (Å²) in [6, 6.07) is -0.483. The molecule has 0 saturated carbocycles. The molecular weight excluding hydrogens is 276 g/mol. The average molecular weight is 298 g/mol. The maximum atomic E-state index is 12.2. The van der Waals surface area contributed by atoms with Crippen molar-refractivity contribution < 1.29 is 19.0 Å². The molecule has 0 aromatic carbocycles. The van der Waals surface area contributed by atoms with Crippen molar-refractivity contribution >= 4 is 6.09 Å². The van der Waals surface area contributed by atoms with Gasteiger partial charge in [-0.2, -0.15) is 0 Å². The monoisotopic (exact) mass is 298 g/mol. The van der Waals surface area contributed by atoms with E-state index < -0.39 is 23.5 Å². The number of carbonyl (C=O) groups excluding carboxylic acids is 1. The van der Waals surface area contributed by atoms with Crippen molar-refractivity contribution in [2.75, 3.05) is 13.1 Å². The van der Waals surface area contributed by atoms with Crippen LogP contribution < -0.4 is 0 Å². The van der Waals surface area contributed by atoms with Gasteiger partial charge in [-0.25, -0.2) is 4.79 Å². The van der Waals surface area contributed by atoms with Crippen molar-refractivity contribution in [1.29, 1.82) is 0 Å². The Morgan fingerprint density at radius 3 is 2.62 bits per heavy atom. The molecule has 2 rings (SSSR count). The molecule has 3 atom stereocenters. The largest absolute Gasteiger partial charge is 0.444 e. The fraction of sp³-hybridized carbons (Fsp3) is 0.923. The van der Waals surface area contributed by atoms with Crippen LogP contribution in [0.5, 0.6) is 0 Å². The first-order valence-electron chi connectivity index (χ1n) is 6.99. The number of rotatable bonds is 1. The second-order valence-electron chi connectivity index (χ2n) is 6.80. The summed E-state index contributed by atoms with van der Waals surface area (Å²) in [7, 11) is 0. The maximum absolute atomic E-state index is 12.2. The number of fused-ring (bicyclic) bond motifs is 1. The Morgan fingerprint density at radius 1 is 1.38 bits per heavy atom. The van der Waals surface area contributed by atoms with E-state index in [4.69, 9.17) is 19.7 Å². The van der Waals surface area contributed by atoms with Gasteiger partial charge in [-0.05, 0) is 40.1 Å². The third-order valence-electron chi connectivity index (χ3n) is 3.26. The molecule has 21 heavy (non-hydrogen) atoms. The molecule has 8 nitrogen and oxygen atoms in total. The Hall–Kier alpha value is -1.50. The van der Waals surface area contributed by atoms with Crippen LogP contribution in [-0.4, -0.2) is 53.7 Å². The van der Waals surface area contributed by atoms with E-state index in [0.29, 0.717) is 6.54 Å². The van der Waals surface area contributed by atoms with Crippen molar-refractivity contribution in [2.24, 2.45) is 5.11 Å². The van der Waals surface area contributed by atoms with Crippen LogP contribution in [0, 0.1) is 0 Å². The highest BCUT2D eigenvalue weighted by atomic mass is 16.8. The van der Waals surface area contributed by atoms with Gasteiger partial charge in [0.2, 0.25) is 0 Å². The highest BCUT2D eigenvalue weighted by Crippen LogP contribution is 2.34. The molecule has 0 aliphatic carbocycles. The van der Waals surface area contributed by atoms with E-state index in [1.807, 2.05) is 0 Å². The third-order valence-corrected chi connectivity index (χ3v) is 3.26. The molecule has 0 aromatic heterocycles. The van der Waals surface area contributed by atoms with Crippen LogP contribution >= 0.6 is 0 Å². The molecular formula is C13H22N4O4. The number of carbonyl (C=O) groups is 1. The zero-order chi connectivity index (χ0) is 15.8. The molecule has 2 aliphatic heterocycles. The Bertz CT molecular complexity index is 467. The smallest absolute Gasteiger partial charge is 0.410 e. The van der Waals surface area contributed by atoms with Crippen LogP contribution in [0.2, 0.25) is 0 Å². The summed E-state index contributed by atoms with van der Waals surface area (Å²) in [5.41, 5.74) is 8.13. The fourth-order valence-corrected chi connectivity index (χ4v) is 2.60. The molecule has 2 heterocycles. The summed E-state index contributed by atoms with van der Waals surface area (Å²) in [5.74, 6) is -0.748. The SMILES string of the molecule is CC(C)(C)OC(=O)N1C[C@H](N=[N+]=[N-])[C@H]2OC(C)(C)O[C@H]2C1. The Balaban J connectivity index is 2.14. The van der Waals surface area contributed by atoms with Crippen molar-refractivity contribution in [1.82, 2.24) is 4.90 Å². The summed E-state index contributed by atoms with van der Waals surface area (Å²) in [6.07, 6.45) is -1.10. The third kappa shape index (κ3) is 3.78. The predicted molar refractivity (Wildman–Crippen MR) is 74.6 cm³/mol. The number of likely N-dealkylation sites (tertiary alicyclic amines) is 1. The number of azide groups is 1. The lowest BCUT2D eigenvalue weighted by atomic mass is 10.0. The van der Waals surface area contributed by atoms with Crippen LogP contribution in [0.25, 0.3) is 10.4 Å². The Labute approximate surface area is 124 Å². The summed E-state index contributed by atoms with van der Waals surface area (Å²) in [4.78, 5) is 16.5. The van der Waals surface area contributed by atoms with Crippen molar-refractivity contribution in [3.05, 3.63) is 10.4 Å². The standard InChI is InChI=1S/C13H22N4O4/c1-12(2,3)21-11(18)17-6-8(15-16-14)10-9(7-17)19-13(4,5)20-10/h8-10H,6-7H2,1-5H3/t8-,9-,10+/m0/s1. The van der Waals surface area contributed by atoms with E-state index in [0.717, 1.165) is 0 Å². The molecule has 0 unspecified atom stereocenters. The first kappa shape index (κ1) is 15.9. The van der Waals surface area contributed by atoms with E-state index in [1.165, 1.54) is 4.90 Å². The van der Waals surface area contributed by atoms with Crippen LogP contribution in [0.3, 0.4) is 0 Å². The highest BCUT2D eigenvalue weighted by Gasteiger charge is 2.50. The lowest BCUT2D eigenvalue weighted by Gasteiger charge is -2.37. The van der Waals surface area contributed by atoms with Crippen LogP contribution in [0.1, 0.15) is 34.6 Å². The van der Waals surface area contributed by atoms with Crippen molar-refractivity contribution in [3.8, 4) is 0 Å². The number of nitrogens with zero attached hydrogens (tertiary/aromatic N) is 4. The van der Waals surface area contributed by atoms with Crippen molar-refractivity contribution in [2.45, 2.75) is 64.3 Å². The van der Waals surface area contributed by atoms with Gasteiger partial charge in [0.1, 0.15) is 11.7 Å². The molecule has 2 aliphatic rings. The number of hydrogen-bond acceptors (Lipinski definition) is 5. The molecule has 0 spiro atoms. The average Bonchev–Trinajstić information content (AvgIpc) is 2.61. The minimum atomic E-state index is -0.748. The second-order valence-corrected chi connectivity index (χ2v) is 6.80. The molecule has 0 aromatic rings. The summed E-state index contributed by atoms with van der Waals surface area (Å²) >= 11 is 0. The van der Waals surface area contributed by atoms with Gasteiger partial charge in [-0.3, -0.25) is 0 Å². The molecule has 0 N–H and O–H groups in total. The van der Waals surface area contributed by atoms with Gasteiger partial charge in [-0.1, -0.05) is 5.11 Å². The summed E-state index contributed by atoms with van der Waals surface area (Å²) < 4.78 is 16.9. The minimum absolute atomic E-state index is 0.263. The van der Waals surface area contributed by atoms with Crippen LogP contribution in [0.4, 0.5) is 4.79 Å². The van der Waals surface area contributed by atoms with E-state index in [-0.39, 0.29) is 18.8 Å². The summed E-state index contributed by atoms with van der Waals surface area (Å²) in [6.45, 7) is 9.65. The van der Waals surface area contributed by atoms with E-state index in [9.17, 15) is 4.79 Å². The van der Waals surface area contributed by atoms with E-state index in [1.54, 1.807) is 34.6 Å². The van der Waals surface area contributed by atoms with Crippen LogP contribution in [0.15, 0.2) is 5.11 Å². The van der Waals surface area contributed by atoms with Gasteiger partial charge in [-0.15, -0.1) is 0 Å². The topological polar surface area (TPSA) is 96.8 Å². The molecule has 2 saturated heterocycles. The van der Waals surface area contributed by atoms with Crippen LogP contribution in [-0.2, 0) is 14.2 Å². The minimum Gasteiger partial charge on any atom is -0.444 e. The maximum Gasteiger partial charge on any atom is 0.410 e. The zero-order valence-electron chi connectivity index (χ0n) is 13.1. The van der Waals surface area contributed by atoms with Crippen molar-refractivity contribution in [3.63, 3.8) is 0 Å². The number of amides is 1. The quantitative estimate of drug-likeness (QED) is 0.422. The van der Waals surface area contributed by atoms with E-state index in [2.05, 4.69) is 10.0 Å². The van der Waals surface area contributed by atoms with E-state index >= 15 is 0 Å². The van der Waals surface area contributed by atoms with Gasteiger partial charge in [0, 0.05) is 11.5 Å².